The lowest BCUT2D eigenvalue weighted by Crippen LogP contribution is -2.40. The number of unbranched alkanes of at least 4 members (excludes halogenated alkanes) is 1. The van der Waals surface area contributed by atoms with E-state index in [9.17, 15) is 18.4 Å². The Morgan fingerprint density at radius 1 is 1.25 bits per heavy atom. The van der Waals surface area contributed by atoms with Crippen molar-refractivity contribution in [1.82, 2.24) is 30.4 Å². The normalized spacial score (nSPS) is 19.4. The van der Waals surface area contributed by atoms with Crippen LogP contribution in [0.1, 0.15) is 38.1 Å². The number of aryl methyl sites for hydroxylation is 1. The van der Waals surface area contributed by atoms with Crippen molar-refractivity contribution in [3.8, 4) is 5.75 Å². The van der Waals surface area contributed by atoms with E-state index in [-0.39, 0.29) is 12.3 Å². The van der Waals surface area contributed by atoms with Crippen LogP contribution in [-0.4, -0.2) is 43.7 Å². The molecule has 150 valence electrons. The maximum Gasteiger partial charge on any atom is 0.387 e. The topological polar surface area (TPSA) is 102 Å². The van der Waals surface area contributed by atoms with E-state index in [0.717, 1.165) is 17.7 Å². The van der Waals surface area contributed by atoms with Gasteiger partial charge in [0, 0.05) is 6.54 Å². The summed E-state index contributed by atoms with van der Waals surface area (Å²) >= 11 is 0. The van der Waals surface area contributed by atoms with Crippen molar-refractivity contribution in [3.63, 3.8) is 0 Å². The molecule has 1 aliphatic rings. The Morgan fingerprint density at radius 3 is 2.61 bits per heavy atom. The summed E-state index contributed by atoms with van der Waals surface area (Å²) in [5.41, 5.74) is -0.886. The molecule has 1 saturated heterocycles. The number of imide groups is 1. The molecular weight excluding hydrogens is 374 g/mol. The third-order valence-corrected chi connectivity index (χ3v) is 4.56. The maximum absolute atomic E-state index is 13.0. The Kier molecular flexibility index (Phi) is 5.52. The van der Waals surface area contributed by atoms with Crippen molar-refractivity contribution in [2.45, 2.75) is 51.9 Å². The number of urea groups is 1. The van der Waals surface area contributed by atoms with Gasteiger partial charge in [-0.1, -0.05) is 25.5 Å². The molecule has 11 heteroatoms. The number of nitrogens with zero attached hydrogens (tertiary/aromatic N) is 5. The van der Waals surface area contributed by atoms with Gasteiger partial charge in [0.25, 0.3) is 5.91 Å². The van der Waals surface area contributed by atoms with Crippen molar-refractivity contribution < 1.29 is 23.1 Å². The number of carbonyl (C=O) groups excluding carboxylic acids is 2. The van der Waals surface area contributed by atoms with Crippen LogP contribution >= 0.6 is 0 Å². The lowest BCUT2D eigenvalue weighted by atomic mass is 9.92. The first kappa shape index (κ1) is 19.6. The summed E-state index contributed by atoms with van der Waals surface area (Å²) in [4.78, 5) is 26.4. The van der Waals surface area contributed by atoms with Gasteiger partial charge in [0.15, 0.2) is 5.82 Å². The summed E-state index contributed by atoms with van der Waals surface area (Å²) in [6.45, 7) is 1.17. The molecule has 0 saturated carbocycles. The predicted octanol–water partition coefficient (Wildman–Crippen LogP) is 2.04. The van der Waals surface area contributed by atoms with Gasteiger partial charge in [0.2, 0.25) is 0 Å². The van der Waals surface area contributed by atoms with E-state index in [1.165, 1.54) is 24.3 Å². The Labute approximate surface area is 159 Å². The fourth-order valence-corrected chi connectivity index (χ4v) is 2.97. The van der Waals surface area contributed by atoms with Gasteiger partial charge in [0.1, 0.15) is 11.3 Å². The molecule has 3 amide bonds. The molecule has 0 spiro atoms. The monoisotopic (exact) mass is 394 g/mol. The fraction of sp³-hybridized carbons (Fsp3) is 0.471. The van der Waals surface area contributed by atoms with E-state index in [4.69, 9.17) is 0 Å². The number of hydrogen-bond donors (Lipinski definition) is 1. The van der Waals surface area contributed by atoms with Crippen LogP contribution in [0.4, 0.5) is 13.6 Å². The average Bonchev–Trinajstić information content (AvgIpc) is 3.18. The Balaban J connectivity index is 1.78. The van der Waals surface area contributed by atoms with E-state index >= 15 is 0 Å². The largest absolute Gasteiger partial charge is 0.435 e. The van der Waals surface area contributed by atoms with Gasteiger partial charge in [-0.25, -0.2) is 9.48 Å². The Bertz CT molecular complexity index is 857. The number of benzene rings is 1. The van der Waals surface area contributed by atoms with Gasteiger partial charge >= 0.3 is 12.6 Å². The van der Waals surface area contributed by atoms with Crippen molar-refractivity contribution in [2.24, 2.45) is 0 Å². The lowest BCUT2D eigenvalue weighted by molar-refractivity contribution is -0.131. The highest BCUT2D eigenvalue weighted by atomic mass is 19.3. The van der Waals surface area contributed by atoms with Crippen molar-refractivity contribution in [2.75, 3.05) is 0 Å². The number of tetrazole rings is 1. The number of amides is 3. The molecule has 1 N–H and O–H groups in total. The van der Waals surface area contributed by atoms with Crippen LogP contribution in [0.3, 0.4) is 0 Å². The van der Waals surface area contributed by atoms with Crippen LogP contribution in [0.25, 0.3) is 0 Å². The highest BCUT2D eigenvalue weighted by Gasteiger charge is 2.49. The molecule has 2 aromatic rings. The van der Waals surface area contributed by atoms with Crippen molar-refractivity contribution in [3.05, 3.63) is 35.7 Å². The number of ether oxygens (including phenoxy) is 1. The first-order valence-corrected chi connectivity index (χ1v) is 8.79. The molecule has 1 aromatic carbocycles. The molecule has 0 aliphatic carbocycles. The van der Waals surface area contributed by atoms with E-state index in [2.05, 4.69) is 25.6 Å². The Morgan fingerprint density at radius 2 is 1.96 bits per heavy atom. The van der Waals surface area contributed by atoms with Crippen LogP contribution in [0.2, 0.25) is 0 Å². The zero-order valence-electron chi connectivity index (χ0n) is 15.4. The first-order chi connectivity index (χ1) is 13.3. The second kappa shape index (κ2) is 7.87. The summed E-state index contributed by atoms with van der Waals surface area (Å²) in [6, 6.07) is 4.99. The first-order valence-electron chi connectivity index (χ1n) is 8.79. The minimum Gasteiger partial charge on any atom is -0.435 e. The summed E-state index contributed by atoms with van der Waals surface area (Å²) in [5.74, 6) is -0.113. The molecular formula is C17H20F2N6O3. The van der Waals surface area contributed by atoms with Crippen LogP contribution in [0.15, 0.2) is 24.3 Å². The predicted molar refractivity (Wildman–Crippen MR) is 92.2 cm³/mol. The number of nitrogens with one attached hydrogen (secondary N) is 1. The summed E-state index contributed by atoms with van der Waals surface area (Å²) in [5, 5.41) is 14.1. The van der Waals surface area contributed by atoms with Crippen LogP contribution in [0.5, 0.6) is 5.75 Å². The highest BCUT2D eigenvalue weighted by Crippen LogP contribution is 2.31. The molecule has 1 atom stereocenters. The second-order valence-electron chi connectivity index (χ2n) is 6.52. The molecule has 1 aliphatic heterocycles. The van der Waals surface area contributed by atoms with Gasteiger partial charge in [0.05, 0.1) is 6.54 Å². The van der Waals surface area contributed by atoms with Gasteiger partial charge in [-0.05, 0) is 41.5 Å². The summed E-state index contributed by atoms with van der Waals surface area (Å²) in [7, 11) is 0. The third kappa shape index (κ3) is 3.78. The van der Waals surface area contributed by atoms with Crippen LogP contribution in [0, 0.1) is 0 Å². The van der Waals surface area contributed by atoms with Crippen LogP contribution in [-0.2, 0) is 23.4 Å². The SMILES string of the molecule is CCCCn1nnnc1CN1C(=O)N[C@@](C)(c2ccc(OC(F)F)cc2)C1=O. The van der Waals surface area contributed by atoms with Gasteiger partial charge < -0.3 is 10.1 Å². The summed E-state index contributed by atoms with van der Waals surface area (Å²) in [6.07, 6.45) is 1.81. The number of halogens is 2. The molecule has 0 radical (unpaired) electrons. The molecule has 1 fully saturated rings. The smallest absolute Gasteiger partial charge is 0.387 e. The minimum atomic E-state index is -2.94. The van der Waals surface area contributed by atoms with E-state index in [1.807, 2.05) is 6.92 Å². The highest BCUT2D eigenvalue weighted by molar-refractivity contribution is 6.07. The standard InChI is InChI=1S/C17H20F2N6O3/c1-3-4-9-25-13(21-22-23-25)10-24-14(26)17(2,20-16(24)27)11-5-7-12(8-6-11)28-15(18)19/h5-8,15H,3-4,9-10H2,1-2H3,(H,20,27)/t17-/m0/s1. The molecule has 0 bridgehead atoms. The quantitative estimate of drug-likeness (QED) is 0.688. The maximum atomic E-state index is 13.0. The van der Waals surface area contributed by atoms with E-state index in [1.54, 1.807) is 11.6 Å². The number of aromatic nitrogens is 4. The lowest BCUT2D eigenvalue weighted by Gasteiger charge is -2.22. The zero-order valence-corrected chi connectivity index (χ0v) is 15.4. The number of alkyl halides is 2. The van der Waals surface area contributed by atoms with Gasteiger partial charge in [-0.3, -0.25) is 9.69 Å². The molecule has 1 aromatic heterocycles. The van der Waals surface area contributed by atoms with E-state index < -0.39 is 24.1 Å². The van der Waals surface area contributed by atoms with Crippen molar-refractivity contribution >= 4 is 11.9 Å². The molecule has 2 heterocycles. The number of carbonyl (C=O) groups is 2. The third-order valence-electron chi connectivity index (χ3n) is 4.56. The molecule has 3 rings (SSSR count). The van der Waals surface area contributed by atoms with Gasteiger partial charge in [-0.2, -0.15) is 8.78 Å². The van der Waals surface area contributed by atoms with Gasteiger partial charge in [-0.15, -0.1) is 5.10 Å². The summed E-state index contributed by atoms with van der Waals surface area (Å²) < 4.78 is 30.5. The van der Waals surface area contributed by atoms with Crippen molar-refractivity contribution in [1.29, 1.82) is 0 Å². The minimum absolute atomic E-state index is 0.0360. The van der Waals surface area contributed by atoms with E-state index in [0.29, 0.717) is 17.9 Å². The fourth-order valence-electron chi connectivity index (χ4n) is 2.97. The van der Waals surface area contributed by atoms with Crippen LogP contribution < -0.4 is 10.1 Å². The second-order valence-corrected chi connectivity index (χ2v) is 6.52. The number of hydrogen-bond acceptors (Lipinski definition) is 6. The molecule has 9 nitrogen and oxygen atoms in total. The Hall–Kier alpha value is -3.11. The number of rotatable bonds is 8. The molecule has 0 unspecified atom stereocenters. The average molecular weight is 394 g/mol. The zero-order chi connectivity index (χ0) is 20.3. The molecule has 28 heavy (non-hydrogen) atoms.